The lowest BCUT2D eigenvalue weighted by molar-refractivity contribution is 0.375. The maximum absolute atomic E-state index is 10.6. The molecule has 0 saturated heterocycles. The molecule has 0 aliphatic carbocycles. The standard InChI is InChI=1S/C10H10N2O6P2/c13-19(14)17-7-1-3-11-9(5-7)10-6-8(2-4-12-10)18-20(15)16/h1-6,13-14,20H,(H,15,16). The molecule has 0 radical (unpaired) electrons. The lowest BCUT2D eigenvalue weighted by Crippen LogP contribution is -1.91. The highest BCUT2D eigenvalue weighted by molar-refractivity contribution is 7.39. The summed E-state index contributed by atoms with van der Waals surface area (Å²) in [5.74, 6) is 0.399. The van der Waals surface area contributed by atoms with Crippen LogP contribution in [-0.2, 0) is 4.57 Å². The topological polar surface area (TPSA) is 122 Å². The zero-order valence-corrected chi connectivity index (χ0v) is 11.8. The van der Waals surface area contributed by atoms with E-state index >= 15 is 0 Å². The lowest BCUT2D eigenvalue weighted by Gasteiger charge is -2.07. The highest BCUT2D eigenvalue weighted by Gasteiger charge is 2.08. The van der Waals surface area contributed by atoms with Crippen molar-refractivity contribution >= 4 is 16.9 Å². The van der Waals surface area contributed by atoms with Crippen molar-refractivity contribution in [1.82, 2.24) is 9.97 Å². The number of aromatic nitrogens is 2. The second kappa shape index (κ2) is 6.74. The molecule has 0 amide bonds. The molecule has 1 unspecified atom stereocenters. The van der Waals surface area contributed by atoms with Crippen LogP contribution < -0.4 is 9.05 Å². The Hall–Kier alpha value is -1.56. The second-order valence-corrected chi connectivity index (χ2v) is 4.89. The summed E-state index contributed by atoms with van der Waals surface area (Å²) in [7, 11) is -5.61. The van der Waals surface area contributed by atoms with E-state index in [4.69, 9.17) is 23.7 Å². The molecule has 8 nitrogen and oxygen atoms in total. The van der Waals surface area contributed by atoms with E-state index in [9.17, 15) is 4.57 Å². The van der Waals surface area contributed by atoms with Gasteiger partial charge in [-0.25, -0.2) is 4.57 Å². The van der Waals surface area contributed by atoms with Gasteiger partial charge in [-0.3, -0.25) is 9.97 Å². The zero-order valence-electron chi connectivity index (χ0n) is 9.87. The molecule has 2 rings (SSSR count). The molecule has 2 aromatic heterocycles. The van der Waals surface area contributed by atoms with Crippen molar-refractivity contribution in [2.45, 2.75) is 0 Å². The average molecular weight is 316 g/mol. The van der Waals surface area contributed by atoms with Crippen molar-refractivity contribution in [3.63, 3.8) is 0 Å². The van der Waals surface area contributed by atoms with Gasteiger partial charge in [-0.1, -0.05) is 0 Å². The predicted molar refractivity (Wildman–Crippen MR) is 71.3 cm³/mol. The third-order valence-corrected chi connectivity index (χ3v) is 2.90. The van der Waals surface area contributed by atoms with E-state index in [0.29, 0.717) is 11.4 Å². The third-order valence-electron chi connectivity index (χ3n) is 2.12. The first kappa shape index (κ1) is 14.8. The fourth-order valence-electron chi connectivity index (χ4n) is 1.42. The minimum atomic E-state index is -3.09. The van der Waals surface area contributed by atoms with E-state index in [1.54, 1.807) is 0 Å². The van der Waals surface area contributed by atoms with E-state index in [-0.39, 0.29) is 11.5 Å². The molecule has 10 heteroatoms. The third kappa shape index (κ3) is 4.23. The van der Waals surface area contributed by atoms with Crippen LogP contribution in [0, 0.1) is 0 Å². The minimum Gasteiger partial charge on any atom is -0.427 e. The molecule has 0 fully saturated rings. The monoisotopic (exact) mass is 316 g/mol. The van der Waals surface area contributed by atoms with Crippen LogP contribution in [0.1, 0.15) is 0 Å². The van der Waals surface area contributed by atoms with Gasteiger partial charge in [0.15, 0.2) is 0 Å². The van der Waals surface area contributed by atoms with Crippen LogP contribution in [0.25, 0.3) is 11.4 Å². The van der Waals surface area contributed by atoms with Crippen molar-refractivity contribution in [2.75, 3.05) is 0 Å². The number of nitrogens with zero attached hydrogens (tertiary/aromatic N) is 2. The second-order valence-electron chi connectivity index (χ2n) is 3.47. The molecule has 0 saturated carbocycles. The molecule has 0 aliphatic rings. The first-order valence-electron chi connectivity index (χ1n) is 5.24. The molecule has 20 heavy (non-hydrogen) atoms. The molecule has 2 aromatic rings. The minimum absolute atomic E-state index is 0.182. The van der Waals surface area contributed by atoms with E-state index < -0.39 is 16.9 Å². The van der Waals surface area contributed by atoms with Crippen molar-refractivity contribution in [2.24, 2.45) is 0 Å². The number of pyridine rings is 2. The van der Waals surface area contributed by atoms with Crippen molar-refractivity contribution < 1.29 is 28.3 Å². The van der Waals surface area contributed by atoms with Gasteiger partial charge in [-0.15, -0.1) is 0 Å². The number of hydrogen-bond donors (Lipinski definition) is 3. The number of rotatable bonds is 5. The maximum Gasteiger partial charge on any atom is 0.391 e. The normalized spacial score (nSPS) is 12.2. The fourth-order valence-corrected chi connectivity index (χ4v) is 2.05. The Labute approximate surface area is 115 Å². The Morgan fingerprint density at radius 1 is 1.05 bits per heavy atom. The van der Waals surface area contributed by atoms with Crippen LogP contribution in [0.3, 0.4) is 0 Å². The molecule has 106 valence electrons. The summed E-state index contributed by atoms with van der Waals surface area (Å²) in [5.41, 5.74) is 0.777. The van der Waals surface area contributed by atoms with Gasteiger partial charge < -0.3 is 23.7 Å². The predicted octanol–water partition coefficient (Wildman–Crippen LogP) is 1.49. The Bertz CT molecular complexity index is 624. The summed E-state index contributed by atoms with van der Waals surface area (Å²) in [4.78, 5) is 34.4. The summed E-state index contributed by atoms with van der Waals surface area (Å²) < 4.78 is 20.1. The molecule has 2 heterocycles. The van der Waals surface area contributed by atoms with Gasteiger partial charge in [0, 0.05) is 24.5 Å². The quantitative estimate of drug-likeness (QED) is 0.709. The zero-order chi connectivity index (χ0) is 14.5. The molecule has 0 bridgehead atoms. The summed E-state index contributed by atoms with van der Waals surface area (Å²) >= 11 is 0. The van der Waals surface area contributed by atoms with Gasteiger partial charge in [0.05, 0.1) is 11.4 Å². The average Bonchev–Trinajstić information content (AvgIpc) is 2.38. The van der Waals surface area contributed by atoms with Crippen LogP contribution in [0.15, 0.2) is 36.7 Å². The van der Waals surface area contributed by atoms with Gasteiger partial charge in [0.2, 0.25) is 0 Å². The first-order chi connectivity index (χ1) is 9.54. The van der Waals surface area contributed by atoms with Gasteiger partial charge in [0.1, 0.15) is 11.5 Å². The lowest BCUT2D eigenvalue weighted by atomic mass is 10.2. The van der Waals surface area contributed by atoms with Crippen molar-refractivity contribution in [3.05, 3.63) is 36.7 Å². The van der Waals surface area contributed by atoms with E-state index in [2.05, 4.69) is 9.97 Å². The van der Waals surface area contributed by atoms with E-state index in [0.717, 1.165) is 0 Å². The molecular weight excluding hydrogens is 306 g/mol. The molecule has 0 aliphatic heterocycles. The van der Waals surface area contributed by atoms with Gasteiger partial charge in [0.25, 0.3) is 0 Å². The highest BCUT2D eigenvalue weighted by atomic mass is 31.2. The van der Waals surface area contributed by atoms with Crippen LogP contribution >= 0.6 is 16.9 Å². The highest BCUT2D eigenvalue weighted by Crippen LogP contribution is 2.31. The summed E-state index contributed by atoms with van der Waals surface area (Å²) in [5, 5.41) is 0. The van der Waals surface area contributed by atoms with Gasteiger partial charge >= 0.3 is 16.9 Å². The summed E-state index contributed by atoms with van der Waals surface area (Å²) in [6, 6.07) is 5.78. The Kier molecular flexibility index (Phi) is 5.00. The Morgan fingerprint density at radius 2 is 1.60 bits per heavy atom. The van der Waals surface area contributed by atoms with Gasteiger partial charge in [-0.2, -0.15) is 0 Å². The van der Waals surface area contributed by atoms with E-state index in [1.165, 1.54) is 36.7 Å². The molecule has 3 N–H and O–H groups in total. The SMILES string of the molecule is O=[PH](O)Oc1ccnc(-c2cc(OP(O)O)ccn2)c1. The Morgan fingerprint density at radius 3 is 2.15 bits per heavy atom. The molecule has 0 aromatic carbocycles. The smallest absolute Gasteiger partial charge is 0.391 e. The summed E-state index contributed by atoms with van der Waals surface area (Å²) in [6.45, 7) is 0. The van der Waals surface area contributed by atoms with Gasteiger partial charge in [-0.05, 0) is 12.1 Å². The molecule has 1 atom stereocenters. The van der Waals surface area contributed by atoms with Crippen molar-refractivity contribution in [3.8, 4) is 22.9 Å². The first-order valence-corrected chi connectivity index (χ1v) is 7.66. The number of hydrogen-bond acceptors (Lipinski definition) is 7. The largest absolute Gasteiger partial charge is 0.427 e. The van der Waals surface area contributed by atoms with Crippen LogP contribution in [-0.4, -0.2) is 24.6 Å². The fraction of sp³-hybridized carbons (Fsp3) is 0. The van der Waals surface area contributed by atoms with Crippen LogP contribution in [0.5, 0.6) is 11.5 Å². The van der Waals surface area contributed by atoms with E-state index in [1.807, 2.05) is 0 Å². The molecule has 0 spiro atoms. The maximum atomic E-state index is 10.6. The summed E-state index contributed by atoms with van der Waals surface area (Å²) in [6.07, 6.45) is 2.81. The Balaban J connectivity index is 2.29. The van der Waals surface area contributed by atoms with Crippen LogP contribution in [0.4, 0.5) is 0 Å². The van der Waals surface area contributed by atoms with Crippen LogP contribution in [0.2, 0.25) is 0 Å². The molecular formula is C10H10N2O6P2. The van der Waals surface area contributed by atoms with Crippen molar-refractivity contribution in [1.29, 1.82) is 0 Å².